The molecule has 154 valence electrons. The highest BCUT2D eigenvalue weighted by Gasteiger charge is 2.51. The highest BCUT2D eigenvalue weighted by atomic mass is 16.5. The minimum atomic E-state index is -0.349. The number of hydrogen-bond donors (Lipinski definition) is 1. The first kappa shape index (κ1) is 18.7. The van der Waals surface area contributed by atoms with Crippen molar-refractivity contribution in [2.45, 2.75) is 63.8 Å². The summed E-state index contributed by atoms with van der Waals surface area (Å²) in [4.78, 5) is 24.5. The molecule has 2 aromatic rings. The van der Waals surface area contributed by atoms with E-state index < -0.39 is 0 Å². The Morgan fingerprint density at radius 1 is 1.14 bits per heavy atom. The molecular weight excluding hydrogens is 366 g/mol. The Morgan fingerprint density at radius 2 is 1.83 bits per heavy atom. The Morgan fingerprint density at radius 3 is 2.48 bits per heavy atom. The van der Waals surface area contributed by atoms with Crippen molar-refractivity contribution in [1.82, 2.24) is 5.32 Å². The molecule has 4 aliphatic carbocycles. The summed E-state index contributed by atoms with van der Waals surface area (Å²) in [6.07, 6.45) is 9.25. The predicted octanol–water partition coefficient (Wildman–Crippen LogP) is 4.21. The SMILES string of the molecule is CCCc1cc(=O)oc2cc(OCC(=O)NC34CC5CC(CC(C5)C3)C4)ccc12. The predicted molar refractivity (Wildman–Crippen MR) is 111 cm³/mol. The van der Waals surface area contributed by atoms with Crippen LogP contribution in [0.1, 0.15) is 57.4 Å². The second kappa shape index (κ2) is 7.19. The van der Waals surface area contributed by atoms with Gasteiger partial charge in [0.05, 0.1) is 0 Å². The van der Waals surface area contributed by atoms with Crippen molar-refractivity contribution in [2.24, 2.45) is 17.8 Å². The van der Waals surface area contributed by atoms with Gasteiger partial charge in [0.1, 0.15) is 11.3 Å². The summed E-state index contributed by atoms with van der Waals surface area (Å²) >= 11 is 0. The topological polar surface area (TPSA) is 68.5 Å². The molecule has 4 fully saturated rings. The fourth-order valence-corrected chi connectivity index (χ4v) is 6.52. The molecule has 0 unspecified atom stereocenters. The molecule has 5 nitrogen and oxygen atoms in total. The van der Waals surface area contributed by atoms with Gasteiger partial charge in [-0.25, -0.2) is 4.79 Å². The lowest BCUT2D eigenvalue weighted by Gasteiger charge is -2.56. The average molecular weight is 395 g/mol. The standard InChI is InChI=1S/C24H29NO4/c1-2-3-18-9-23(27)29-21-10-19(4-5-20(18)21)28-14-22(26)25-24-11-15-6-16(12-24)8-17(7-15)13-24/h4-5,9-10,15-17H,2-3,6-8,11-14H2,1H3,(H,25,26). The molecule has 4 aliphatic rings. The van der Waals surface area contributed by atoms with Gasteiger partial charge in [0.25, 0.3) is 5.91 Å². The van der Waals surface area contributed by atoms with E-state index in [1.165, 1.54) is 19.3 Å². The second-order valence-electron chi connectivity index (χ2n) is 9.53. The van der Waals surface area contributed by atoms with Crippen LogP contribution < -0.4 is 15.7 Å². The van der Waals surface area contributed by atoms with E-state index in [1.54, 1.807) is 12.1 Å². The third kappa shape index (κ3) is 3.67. The number of fused-ring (bicyclic) bond motifs is 1. The minimum Gasteiger partial charge on any atom is -0.484 e. The number of rotatable bonds is 6. The van der Waals surface area contributed by atoms with Crippen molar-refractivity contribution < 1.29 is 13.9 Å². The first-order valence-electron chi connectivity index (χ1n) is 11.0. The Balaban J connectivity index is 1.26. The van der Waals surface area contributed by atoms with Gasteiger partial charge < -0.3 is 14.5 Å². The maximum Gasteiger partial charge on any atom is 0.336 e. The number of carbonyl (C=O) groups is 1. The van der Waals surface area contributed by atoms with Crippen LogP contribution in [0.5, 0.6) is 5.75 Å². The van der Waals surface area contributed by atoms with Gasteiger partial charge in [-0.1, -0.05) is 13.3 Å². The lowest BCUT2D eigenvalue weighted by Crippen LogP contribution is -2.60. The van der Waals surface area contributed by atoms with Gasteiger partial charge in [0.15, 0.2) is 6.61 Å². The number of aryl methyl sites for hydroxylation is 1. The lowest BCUT2D eigenvalue weighted by molar-refractivity contribution is -0.128. The number of carbonyl (C=O) groups excluding carboxylic acids is 1. The third-order valence-corrected chi connectivity index (χ3v) is 7.13. The first-order valence-corrected chi connectivity index (χ1v) is 11.0. The highest BCUT2D eigenvalue weighted by Crippen LogP contribution is 2.55. The number of benzene rings is 1. The van der Waals surface area contributed by atoms with Crippen molar-refractivity contribution in [3.05, 3.63) is 40.2 Å². The molecule has 0 radical (unpaired) electrons. The first-order chi connectivity index (χ1) is 14.0. The van der Waals surface area contributed by atoms with Crippen LogP contribution in [0.3, 0.4) is 0 Å². The van der Waals surface area contributed by atoms with Gasteiger partial charge >= 0.3 is 5.63 Å². The van der Waals surface area contributed by atoms with Crippen molar-refractivity contribution >= 4 is 16.9 Å². The Bertz CT molecular complexity index is 957. The van der Waals surface area contributed by atoms with Gasteiger partial charge in [0.2, 0.25) is 0 Å². The molecule has 1 aromatic heterocycles. The van der Waals surface area contributed by atoms with E-state index in [0.29, 0.717) is 11.3 Å². The van der Waals surface area contributed by atoms with E-state index in [1.807, 2.05) is 12.1 Å². The van der Waals surface area contributed by atoms with Crippen LogP contribution in [-0.4, -0.2) is 18.1 Å². The quantitative estimate of drug-likeness (QED) is 0.744. The van der Waals surface area contributed by atoms with Gasteiger partial charge in [0, 0.05) is 23.1 Å². The molecule has 0 saturated heterocycles. The monoisotopic (exact) mass is 395 g/mol. The van der Waals surface area contributed by atoms with Gasteiger partial charge in [-0.3, -0.25) is 4.79 Å². The summed E-state index contributed by atoms with van der Waals surface area (Å²) in [5, 5.41) is 4.26. The Hall–Kier alpha value is -2.30. The van der Waals surface area contributed by atoms with E-state index in [9.17, 15) is 9.59 Å². The zero-order valence-corrected chi connectivity index (χ0v) is 17.0. The van der Waals surface area contributed by atoms with E-state index in [4.69, 9.17) is 9.15 Å². The molecule has 1 amide bonds. The normalized spacial score (nSPS) is 29.9. The van der Waals surface area contributed by atoms with Crippen molar-refractivity contribution in [3.63, 3.8) is 0 Å². The largest absolute Gasteiger partial charge is 0.484 e. The molecule has 0 aliphatic heterocycles. The molecule has 4 bridgehead atoms. The summed E-state index contributed by atoms with van der Waals surface area (Å²) in [7, 11) is 0. The molecular formula is C24H29NO4. The maximum atomic E-state index is 12.6. The van der Waals surface area contributed by atoms with Crippen molar-refractivity contribution in [1.29, 1.82) is 0 Å². The van der Waals surface area contributed by atoms with Crippen LogP contribution in [0.15, 0.2) is 33.5 Å². The smallest absolute Gasteiger partial charge is 0.336 e. The van der Waals surface area contributed by atoms with Gasteiger partial charge in [-0.05, 0) is 80.4 Å². The fourth-order valence-electron chi connectivity index (χ4n) is 6.52. The van der Waals surface area contributed by atoms with Crippen LogP contribution in [0.4, 0.5) is 0 Å². The lowest BCUT2D eigenvalue weighted by atomic mass is 9.53. The summed E-state index contributed by atoms with van der Waals surface area (Å²) in [5.41, 5.74) is 1.16. The molecule has 5 heteroatoms. The summed E-state index contributed by atoms with van der Waals surface area (Å²) in [5.74, 6) is 2.89. The number of amides is 1. The zero-order valence-electron chi connectivity index (χ0n) is 17.0. The molecule has 0 atom stereocenters. The summed E-state index contributed by atoms with van der Waals surface area (Å²) in [6.45, 7) is 2.08. The number of nitrogens with one attached hydrogen (secondary N) is 1. The zero-order chi connectivity index (χ0) is 20.0. The van der Waals surface area contributed by atoms with Gasteiger partial charge in [-0.2, -0.15) is 0 Å². The molecule has 4 saturated carbocycles. The molecule has 1 aromatic carbocycles. The van der Waals surface area contributed by atoms with Crippen molar-refractivity contribution in [3.8, 4) is 5.75 Å². The van der Waals surface area contributed by atoms with Crippen LogP contribution in [0.2, 0.25) is 0 Å². The number of ether oxygens (including phenoxy) is 1. The van der Waals surface area contributed by atoms with Crippen LogP contribution in [0.25, 0.3) is 11.0 Å². The highest BCUT2D eigenvalue weighted by molar-refractivity contribution is 5.82. The van der Waals surface area contributed by atoms with E-state index in [-0.39, 0.29) is 23.7 Å². The van der Waals surface area contributed by atoms with E-state index in [2.05, 4.69) is 12.2 Å². The summed E-state index contributed by atoms with van der Waals surface area (Å²) < 4.78 is 11.1. The summed E-state index contributed by atoms with van der Waals surface area (Å²) in [6, 6.07) is 7.04. The average Bonchev–Trinajstić information content (AvgIpc) is 2.64. The third-order valence-electron chi connectivity index (χ3n) is 7.13. The number of hydrogen-bond acceptors (Lipinski definition) is 4. The fraction of sp³-hybridized carbons (Fsp3) is 0.583. The van der Waals surface area contributed by atoms with Gasteiger partial charge in [-0.15, -0.1) is 0 Å². The van der Waals surface area contributed by atoms with Crippen molar-refractivity contribution in [2.75, 3.05) is 6.61 Å². The maximum absolute atomic E-state index is 12.6. The van der Waals surface area contributed by atoms with Crippen LogP contribution in [-0.2, 0) is 11.2 Å². The molecule has 6 rings (SSSR count). The molecule has 29 heavy (non-hydrogen) atoms. The van der Waals surface area contributed by atoms with Crippen LogP contribution in [0, 0.1) is 17.8 Å². The van der Waals surface area contributed by atoms with E-state index in [0.717, 1.165) is 60.8 Å². The Kier molecular flexibility index (Phi) is 4.64. The molecule has 0 spiro atoms. The van der Waals surface area contributed by atoms with E-state index >= 15 is 0 Å². The second-order valence-corrected chi connectivity index (χ2v) is 9.53. The molecule has 1 heterocycles. The minimum absolute atomic E-state index is 0.000421. The Labute approximate surface area is 170 Å². The van der Waals surface area contributed by atoms with Crippen LogP contribution >= 0.6 is 0 Å². The molecule has 1 N–H and O–H groups in total.